The molecule has 0 aliphatic carbocycles. The summed E-state index contributed by atoms with van der Waals surface area (Å²) in [6.45, 7) is 46.9. The summed E-state index contributed by atoms with van der Waals surface area (Å²) in [5.74, 6) is 0.771. The van der Waals surface area contributed by atoms with Crippen LogP contribution in [-0.4, -0.2) is 216 Å². The van der Waals surface area contributed by atoms with Crippen LogP contribution in [0.2, 0.25) is 0 Å². The van der Waals surface area contributed by atoms with Gasteiger partial charge in [-0.1, -0.05) is 39.3 Å². The summed E-state index contributed by atoms with van der Waals surface area (Å²) >= 11 is 0. The first-order valence-electron chi connectivity index (χ1n) is 26.2. The lowest BCUT2D eigenvalue weighted by Gasteiger charge is -2.46. The van der Waals surface area contributed by atoms with Gasteiger partial charge < -0.3 is 9.80 Å². The fourth-order valence-electron chi connectivity index (χ4n) is 12.6. The molecule has 0 saturated carbocycles. The first-order chi connectivity index (χ1) is 28.9. The van der Waals surface area contributed by atoms with Crippen molar-refractivity contribution in [2.24, 2.45) is 5.92 Å². The number of hydrogen-bond acceptors (Lipinski definition) is 9. The van der Waals surface area contributed by atoms with Crippen LogP contribution in [0, 0.1) is 5.92 Å². The van der Waals surface area contributed by atoms with Crippen molar-refractivity contribution in [1.29, 1.82) is 0 Å². The molecule has 356 valence electrons. The minimum absolute atomic E-state index is 0. The predicted molar refractivity (Wildman–Crippen MR) is 264 cm³/mol. The van der Waals surface area contributed by atoms with Crippen molar-refractivity contribution in [1.82, 2.24) is 44.1 Å². The summed E-state index contributed by atoms with van der Waals surface area (Å²) in [4.78, 5) is 23.8. The fourth-order valence-corrected chi connectivity index (χ4v) is 12.6. The molecule has 4 bridgehead atoms. The Labute approximate surface area is 379 Å². The summed E-state index contributed by atoms with van der Waals surface area (Å²) in [7, 11) is 0. The zero-order chi connectivity index (χ0) is 42.8. The zero-order valence-corrected chi connectivity index (χ0v) is 41.4. The lowest BCUT2D eigenvalue weighted by atomic mass is 9.94. The molecule has 61 heavy (non-hydrogen) atoms. The van der Waals surface area contributed by atoms with Crippen molar-refractivity contribution < 1.29 is 0 Å². The molecule has 0 spiro atoms. The summed E-state index contributed by atoms with van der Waals surface area (Å²) in [6.07, 6.45) is 18.1. The number of piperidine rings is 2. The molecule has 0 radical (unpaired) electrons. The Balaban J connectivity index is 0.000000144. The molecule has 0 amide bonds. The van der Waals surface area contributed by atoms with E-state index in [1.165, 1.54) is 188 Å². The molecular weight excluding hydrogens is 751 g/mol. The lowest BCUT2D eigenvalue weighted by Crippen LogP contribution is -2.57. The van der Waals surface area contributed by atoms with Crippen LogP contribution in [0.1, 0.15) is 147 Å². The highest BCUT2D eigenvalue weighted by atomic mass is 15.3. The lowest BCUT2D eigenvalue weighted by molar-refractivity contribution is 0.0204. The van der Waals surface area contributed by atoms with E-state index in [1.54, 1.807) is 5.57 Å². The van der Waals surface area contributed by atoms with E-state index in [0.717, 1.165) is 60.3 Å². The molecule has 0 N–H and O–H groups in total. The number of hydrogen-bond donors (Lipinski definition) is 0. The van der Waals surface area contributed by atoms with Gasteiger partial charge in [0.05, 0.1) is 0 Å². The van der Waals surface area contributed by atoms with E-state index < -0.39 is 0 Å². The maximum Gasteiger partial charge on any atom is 0.0281 e. The van der Waals surface area contributed by atoms with Gasteiger partial charge in [-0.05, 0) is 158 Å². The zero-order valence-electron chi connectivity index (χ0n) is 41.4. The van der Waals surface area contributed by atoms with E-state index in [9.17, 15) is 0 Å². The molecule has 10 rings (SSSR count). The Hall–Kier alpha value is -0.620. The van der Waals surface area contributed by atoms with Gasteiger partial charge in [0.25, 0.3) is 0 Å². The standard InChI is InChI=1S/C11H22N2.C11H19N.2C10H20N2.C9H18N2.CH4/c1-10(2)13-8-7-12-6-4-3-5-11(12)9-13;1-9(2)10-5-7-12-6-3-4-11(12)8-10;1-9(2)12-7-6-11-5-3-4-10(11)8-12;1-9(2)12-7-6-11-5-3-4-10(12)8-11;1-8(2)11-6-5-10-4-3-9(11)7-10;/h10-11H,3-9H2,1-2H3;8-9,11H,3-7H2,1-2H3;2*9-10H,3-8H2,1-2H3;8-9H,3-7H2,1-2H3;1H4. The fraction of sp³-hybridized carbons (Fsp3) is 0.962. The number of rotatable bonds is 5. The average Bonchev–Trinajstić information content (AvgIpc) is 4.01. The quantitative estimate of drug-likeness (QED) is 0.258. The third-order valence-electron chi connectivity index (χ3n) is 16.5. The van der Waals surface area contributed by atoms with E-state index in [-0.39, 0.29) is 7.43 Å². The topological polar surface area (TPSA) is 29.2 Å². The highest BCUT2D eigenvalue weighted by Gasteiger charge is 2.35. The summed E-state index contributed by atoms with van der Waals surface area (Å²) in [5.41, 5.74) is 1.69. The Morgan fingerprint density at radius 3 is 1.46 bits per heavy atom. The van der Waals surface area contributed by atoms with Crippen LogP contribution in [0.3, 0.4) is 0 Å². The highest BCUT2D eigenvalue weighted by Crippen LogP contribution is 2.29. The molecule has 0 aromatic heterocycles. The third kappa shape index (κ3) is 14.9. The molecule has 9 heteroatoms. The SMILES string of the molecule is C.CC(C)C1=CC2CCCN2CC1.CC(C)N1CCN2CCC1C2.CC(C)N1CCN2CCCC1C2.CC(C)N1CCN2CCCC2C1.CC(C)N1CCN2CCCCC2C1. The van der Waals surface area contributed by atoms with Crippen molar-refractivity contribution in [3.63, 3.8) is 0 Å². The van der Waals surface area contributed by atoms with Crippen molar-refractivity contribution in [3.8, 4) is 0 Å². The maximum atomic E-state index is 2.70. The maximum absolute atomic E-state index is 2.70. The Bertz CT molecular complexity index is 1250. The Morgan fingerprint density at radius 1 is 0.393 bits per heavy atom. The van der Waals surface area contributed by atoms with Gasteiger partial charge in [-0.3, -0.25) is 34.3 Å². The first kappa shape index (κ1) is 51.4. The van der Waals surface area contributed by atoms with Gasteiger partial charge in [0.1, 0.15) is 0 Å². The van der Waals surface area contributed by atoms with Crippen LogP contribution in [0.25, 0.3) is 0 Å². The second-order valence-electron chi connectivity index (χ2n) is 22.1. The molecule has 9 fully saturated rings. The molecule has 0 aromatic carbocycles. The molecule has 7 unspecified atom stereocenters. The second-order valence-corrected chi connectivity index (χ2v) is 22.1. The van der Waals surface area contributed by atoms with Crippen molar-refractivity contribution >= 4 is 0 Å². The molecule has 0 aromatic rings. The van der Waals surface area contributed by atoms with Gasteiger partial charge in [-0.2, -0.15) is 0 Å². The molecule has 10 heterocycles. The summed E-state index contributed by atoms with van der Waals surface area (Å²) in [5, 5.41) is 0. The minimum atomic E-state index is 0. The van der Waals surface area contributed by atoms with E-state index >= 15 is 0 Å². The Kier molecular flexibility index (Phi) is 21.3. The van der Waals surface area contributed by atoms with Crippen LogP contribution >= 0.6 is 0 Å². The average molecular weight is 854 g/mol. The largest absolute Gasteiger partial charge is 0.301 e. The molecule has 7 atom stereocenters. The summed E-state index contributed by atoms with van der Waals surface area (Å²) < 4.78 is 0. The molecule has 10 aliphatic rings. The Morgan fingerprint density at radius 2 is 0.885 bits per heavy atom. The van der Waals surface area contributed by atoms with Gasteiger partial charge in [0.2, 0.25) is 0 Å². The van der Waals surface area contributed by atoms with E-state index in [1.807, 2.05) is 0 Å². The van der Waals surface area contributed by atoms with Crippen LogP contribution < -0.4 is 0 Å². The first-order valence-corrected chi connectivity index (χ1v) is 26.2. The van der Waals surface area contributed by atoms with E-state index in [0.29, 0.717) is 0 Å². The van der Waals surface area contributed by atoms with Crippen LogP contribution in [0.5, 0.6) is 0 Å². The molecule has 9 nitrogen and oxygen atoms in total. The predicted octanol–water partition coefficient (Wildman–Crippen LogP) is 7.77. The van der Waals surface area contributed by atoms with Gasteiger partial charge in [-0.15, -0.1) is 0 Å². The van der Waals surface area contributed by atoms with Crippen LogP contribution in [-0.2, 0) is 0 Å². The van der Waals surface area contributed by atoms with Gasteiger partial charge in [0, 0.05) is 139 Å². The van der Waals surface area contributed by atoms with E-state index in [4.69, 9.17) is 0 Å². The van der Waals surface area contributed by atoms with Crippen LogP contribution in [0.4, 0.5) is 0 Å². The van der Waals surface area contributed by atoms with Crippen molar-refractivity contribution in [3.05, 3.63) is 11.6 Å². The second kappa shape index (κ2) is 25.3. The smallest absolute Gasteiger partial charge is 0.0281 e. The van der Waals surface area contributed by atoms with Crippen molar-refractivity contribution in [2.45, 2.75) is 202 Å². The van der Waals surface area contributed by atoms with Gasteiger partial charge >= 0.3 is 0 Å². The molecular formula is C52H103N9. The monoisotopic (exact) mass is 854 g/mol. The molecule has 10 aliphatic heterocycles. The van der Waals surface area contributed by atoms with Gasteiger partial charge in [0.15, 0.2) is 0 Å². The third-order valence-corrected chi connectivity index (χ3v) is 16.5. The number of fused-ring (bicyclic) bond motifs is 7. The molecule has 9 saturated heterocycles. The highest BCUT2D eigenvalue weighted by molar-refractivity contribution is 5.15. The number of piperazine rings is 4. The van der Waals surface area contributed by atoms with Crippen molar-refractivity contribution in [2.75, 3.05) is 118 Å². The minimum Gasteiger partial charge on any atom is -0.301 e. The van der Waals surface area contributed by atoms with Gasteiger partial charge in [-0.25, -0.2) is 0 Å². The number of nitrogens with zero attached hydrogens (tertiary/aromatic N) is 9. The van der Waals surface area contributed by atoms with Crippen LogP contribution in [0.15, 0.2) is 11.6 Å². The summed E-state index contributed by atoms with van der Waals surface area (Å²) in [6, 6.07) is 7.30. The van der Waals surface area contributed by atoms with E-state index in [2.05, 4.69) is 119 Å². The normalized spacial score (nSPS) is 33.6.